The molecule has 16 atom stereocenters. The molecule has 0 aromatic heterocycles. The summed E-state index contributed by atoms with van der Waals surface area (Å²) in [6.07, 6.45) is 17.8. The van der Waals surface area contributed by atoms with Crippen LogP contribution in [0.4, 0.5) is 5.69 Å². The van der Waals surface area contributed by atoms with Crippen molar-refractivity contribution in [1.82, 2.24) is 0 Å². The topological polar surface area (TPSA) is 117 Å². The number of allylic oxidation sites excluding steroid dienone is 4. The average molecular weight is 924 g/mol. The summed E-state index contributed by atoms with van der Waals surface area (Å²) in [6, 6.07) is 9.19. The second kappa shape index (κ2) is 18.3. The van der Waals surface area contributed by atoms with Gasteiger partial charge in [-0.05, 0) is 203 Å². The molecule has 0 saturated heterocycles. The molecule has 0 amide bonds. The molecule has 6 fully saturated rings. The molecule has 362 valence electrons. The Morgan fingerprint density at radius 1 is 0.970 bits per heavy atom. The van der Waals surface area contributed by atoms with Crippen LogP contribution in [0.5, 0.6) is 0 Å². The van der Waals surface area contributed by atoms with E-state index in [0.29, 0.717) is 66.8 Å². The lowest BCUT2D eigenvalue weighted by Crippen LogP contribution is -2.63. The van der Waals surface area contributed by atoms with Crippen LogP contribution in [0.15, 0.2) is 47.1 Å². The Bertz CT molecular complexity index is 2140. The number of ketones is 1. The number of carboxylic acids is 1. The Labute approximate surface area is 400 Å². The predicted octanol–water partition coefficient (Wildman–Crippen LogP) is 11.0. The number of ether oxygens (including phenoxy) is 2. The van der Waals surface area contributed by atoms with Crippen molar-refractivity contribution < 1.29 is 34.4 Å². The van der Waals surface area contributed by atoms with E-state index < -0.39 is 17.7 Å². The zero-order valence-corrected chi connectivity index (χ0v) is 42.3. The van der Waals surface area contributed by atoms with Crippen molar-refractivity contribution in [2.45, 2.75) is 174 Å². The maximum absolute atomic E-state index is 12.6. The molecule has 0 heterocycles. The summed E-state index contributed by atoms with van der Waals surface area (Å²) >= 11 is 1.75. The van der Waals surface area contributed by atoms with Gasteiger partial charge in [-0.1, -0.05) is 51.3 Å². The van der Waals surface area contributed by atoms with Gasteiger partial charge in [0, 0.05) is 43.5 Å². The molecular weight excluding hydrogens is 843 g/mol. The van der Waals surface area contributed by atoms with Crippen molar-refractivity contribution in [3.63, 3.8) is 0 Å². The van der Waals surface area contributed by atoms with Crippen molar-refractivity contribution in [2.24, 2.45) is 63.6 Å². The number of nitrogens with zero attached hydrogens (tertiary/aromatic N) is 1. The van der Waals surface area contributed by atoms with Crippen LogP contribution in [-0.4, -0.2) is 82.9 Å². The first-order valence-corrected chi connectivity index (χ1v) is 27.4. The fourth-order valence-electron chi connectivity index (χ4n) is 17.2. The van der Waals surface area contributed by atoms with Gasteiger partial charge < -0.3 is 29.7 Å². The fraction of sp³-hybridized carbons (Fsp3) is 0.754. The molecule has 8 nitrogen and oxygen atoms in total. The highest BCUT2D eigenvalue weighted by atomic mass is 32.2. The normalized spacial score (nSPS) is 42.9. The predicted molar refractivity (Wildman–Crippen MR) is 264 cm³/mol. The standard InChI is InChI=1S/C57H81NO7S/c1-9-23-57(63)24-22-45-42-17-13-37-29-40(59)16-18-41(37)51(42)43(33-55(45,57)5)36-11-14-39(15-12-36)58(7)27-28-65-53(3)25-26-54(4)38(32-53)30-48(64-34-66-8)52-46-20-19-44(35(2)10-21-50(61)62)56(46,6)49(60)31-47(52)54/h11-12,14-15,29,35,38,42-49,52,60,63H,10,13,16-22,24-28,30-34H2,1-8H3,(H,61,62)/t35-,38-,42?,43+,44-,45?,46+,47+,48-,49+,52+,53+,54+,55+,56-,57-/m1/s1. The summed E-state index contributed by atoms with van der Waals surface area (Å²) in [6.45, 7) is 15.0. The van der Waals surface area contributed by atoms with Crippen LogP contribution in [0.3, 0.4) is 0 Å². The van der Waals surface area contributed by atoms with E-state index in [9.17, 15) is 24.9 Å². The first-order chi connectivity index (χ1) is 31.4. The Balaban J connectivity index is 0.875. The Kier molecular flexibility index (Phi) is 13.4. The molecule has 8 aliphatic rings. The van der Waals surface area contributed by atoms with Gasteiger partial charge >= 0.3 is 5.97 Å². The summed E-state index contributed by atoms with van der Waals surface area (Å²) < 4.78 is 13.8. The molecule has 0 bridgehead atoms. The lowest BCUT2D eigenvalue weighted by atomic mass is 9.42. The molecule has 9 heteroatoms. The SMILES string of the molecule is CC#C[C@@]1(O)CCC2C3CCC4=CC(=O)CCC4=C3[C@H](c3ccc(N(C)CCO[C@@]4(C)CC[C@@]5(C)[C@H](C[C@@H](OCSC)[C@@H]6[C@@H]5C[C@H](O)[C@]5(C)[C@@H]([C@H](C)CCC(=O)O)CC[C@@H]65)C4)cc3)C[C@@]21C. The Morgan fingerprint density at radius 3 is 2.47 bits per heavy atom. The summed E-state index contributed by atoms with van der Waals surface area (Å²) in [5.74, 6) is 9.80. The van der Waals surface area contributed by atoms with E-state index in [1.165, 1.54) is 22.4 Å². The molecular formula is C57H81NO7S. The molecule has 6 saturated carbocycles. The first-order valence-electron chi connectivity index (χ1n) is 26.0. The van der Waals surface area contributed by atoms with Gasteiger partial charge in [0.05, 0.1) is 30.4 Å². The van der Waals surface area contributed by atoms with E-state index in [-0.39, 0.29) is 52.0 Å². The molecule has 2 unspecified atom stereocenters. The lowest BCUT2D eigenvalue weighted by molar-refractivity contribution is -0.224. The maximum Gasteiger partial charge on any atom is 0.303 e. The number of aliphatic hydroxyl groups excluding tert-OH is 1. The monoisotopic (exact) mass is 924 g/mol. The van der Waals surface area contributed by atoms with Crippen LogP contribution >= 0.6 is 11.8 Å². The largest absolute Gasteiger partial charge is 0.481 e. The van der Waals surface area contributed by atoms with Crippen LogP contribution in [0.25, 0.3) is 0 Å². The van der Waals surface area contributed by atoms with Crippen LogP contribution in [0.2, 0.25) is 0 Å². The number of likely N-dealkylation sites (N-methyl/N-ethyl adjacent to an activating group) is 1. The van der Waals surface area contributed by atoms with E-state index in [4.69, 9.17) is 9.47 Å². The molecule has 9 rings (SSSR count). The van der Waals surface area contributed by atoms with Gasteiger partial charge in [-0.2, -0.15) is 0 Å². The number of anilines is 1. The van der Waals surface area contributed by atoms with E-state index in [1.807, 2.05) is 13.0 Å². The molecule has 1 aromatic carbocycles. The number of aliphatic carboxylic acids is 1. The first kappa shape index (κ1) is 48.4. The molecule has 66 heavy (non-hydrogen) atoms. The highest BCUT2D eigenvalue weighted by Gasteiger charge is 2.67. The van der Waals surface area contributed by atoms with Crippen molar-refractivity contribution in [3.05, 3.63) is 52.6 Å². The number of carbonyl (C=O) groups is 2. The molecule has 3 N–H and O–H groups in total. The smallest absolute Gasteiger partial charge is 0.303 e. The number of aliphatic hydroxyl groups is 2. The Morgan fingerprint density at radius 2 is 1.74 bits per heavy atom. The third kappa shape index (κ3) is 8.09. The lowest BCUT2D eigenvalue weighted by Gasteiger charge is -2.65. The molecule has 8 aliphatic carbocycles. The van der Waals surface area contributed by atoms with Gasteiger partial charge in [-0.25, -0.2) is 0 Å². The van der Waals surface area contributed by atoms with Crippen molar-refractivity contribution in [3.8, 4) is 11.8 Å². The van der Waals surface area contributed by atoms with Crippen molar-refractivity contribution >= 4 is 29.2 Å². The summed E-state index contributed by atoms with van der Waals surface area (Å²) in [4.78, 5) is 26.4. The molecule has 0 aliphatic heterocycles. The zero-order chi connectivity index (χ0) is 47.0. The number of benzene rings is 1. The van der Waals surface area contributed by atoms with Gasteiger partial charge in [0.1, 0.15) is 5.60 Å². The van der Waals surface area contributed by atoms with Gasteiger partial charge in [-0.15, -0.1) is 17.7 Å². The Hall–Kier alpha value is -2.61. The van der Waals surface area contributed by atoms with Crippen molar-refractivity contribution in [2.75, 3.05) is 37.3 Å². The van der Waals surface area contributed by atoms with E-state index in [2.05, 4.69) is 88.9 Å². The number of hydrogen-bond donors (Lipinski definition) is 3. The number of fused-ring (bicyclic) bond motifs is 9. The third-order valence-corrected chi connectivity index (χ3v) is 21.2. The highest BCUT2D eigenvalue weighted by molar-refractivity contribution is 7.98. The minimum Gasteiger partial charge on any atom is -0.481 e. The summed E-state index contributed by atoms with van der Waals surface area (Å²) in [5.41, 5.74) is 5.08. The minimum absolute atomic E-state index is 0.109. The quantitative estimate of drug-likeness (QED) is 0.131. The number of rotatable bonds is 13. The molecule has 0 radical (unpaired) electrons. The van der Waals surface area contributed by atoms with Gasteiger partial charge in [0.15, 0.2) is 5.78 Å². The van der Waals surface area contributed by atoms with Crippen molar-refractivity contribution in [1.29, 1.82) is 0 Å². The second-order valence-corrected chi connectivity index (χ2v) is 24.6. The fourth-order valence-corrected chi connectivity index (χ4v) is 17.5. The van der Waals surface area contributed by atoms with Crippen LogP contribution in [0.1, 0.15) is 156 Å². The third-order valence-electron chi connectivity index (χ3n) is 20.8. The van der Waals surface area contributed by atoms with E-state index in [1.54, 1.807) is 17.3 Å². The molecule has 1 aromatic rings. The van der Waals surface area contributed by atoms with Gasteiger partial charge in [-0.3, -0.25) is 9.59 Å². The summed E-state index contributed by atoms with van der Waals surface area (Å²) in [7, 11) is 2.17. The zero-order valence-electron chi connectivity index (χ0n) is 41.5. The van der Waals surface area contributed by atoms with E-state index in [0.717, 1.165) is 90.0 Å². The second-order valence-electron chi connectivity index (χ2n) is 23.8. The average Bonchev–Trinajstić information content (AvgIpc) is 3.78. The maximum atomic E-state index is 12.6. The number of carbonyl (C=O) groups excluding carboxylic acids is 1. The van der Waals surface area contributed by atoms with Gasteiger partial charge in [0.25, 0.3) is 0 Å². The minimum atomic E-state index is -0.984. The number of carboxylic acid groups (broad SMARTS) is 1. The van der Waals surface area contributed by atoms with E-state index >= 15 is 0 Å². The number of thioether (sulfide) groups is 1. The van der Waals surface area contributed by atoms with Crippen LogP contribution in [-0.2, 0) is 19.1 Å². The van der Waals surface area contributed by atoms with Gasteiger partial charge in [0.2, 0.25) is 0 Å². The van der Waals surface area contributed by atoms with Crippen LogP contribution in [0, 0.1) is 75.4 Å². The summed E-state index contributed by atoms with van der Waals surface area (Å²) in [5, 5.41) is 33.9. The van der Waals surface area contributed by atoms with Crippen LogP contribution < -0.4 is 4.90 Å². The number of hydrogen-bond acceptors (Lipinski definition) is 8. The molecule has 0 spiro atoms. The highest BCUT2D eigenvalue weighted by Crippen LogP contribution is 2.70.